The molecule has 0 bridgehead atoms. The van der Waals surface area contributed by atoms with Crippen LogP contribution in [-0.2, 0) is 0 Å². The van der Waals surface area contributed by atoms with Crippen molar-refractivity contribution in [3.63, 3.8) is 0 Å². The maximum absolute atomic E-state index is 11.9. The van der Waals surface area contributed by atoms with Gasteiger partial charge in [-0.25, -0.2) is 4.98 Å². The van der Waals surface area contributed by atoms with Crippen molar-refractivity contribution in [2.75, 3.05) is 14.1 Å². The van der Waals surface area contributed by atoms with E-state index in [4.69, 9.17) is 11.6 Å². The van der Waals surface area contributed by atoms with Crippen molar-refractivity contribution in [3.05, 3.63) is 47.5 Å². The fraction of sp³-hybridized carbons (Fsp3) is 0.167. The fourth-order valence-corrected chi connectivity index (χ4v) is 1.67. The van der Waals surface area contributed by atoms with Crippen molar-refractivity contribution < 1.29 is 4.79 Å². The third kappa shape index (κ3) is 2.31. The number of hydrogen-bond acceptors (Lipinski definition) is 3. The van der Waals surface area contributed by atoms with Crippen molar-refractivity contribution >= 4 is 23.0 Å². The van der Waals surface area contributed by atoms with Crippen LogP contribution in [0.15, 0.2) is 36.8 Å². The van der Waals surface area contributed by atoms with Crippen LogP contribution in [-0.4, -0.2) is 34.2 Å². The number of carbonyl (C=O) groups is 1. The van der Waals surface area contributed by atoms with Gasteiger partial charge in [0.25, 0.3) is 0 Å². The first-order chi connectivity index (χ1) is 8.09. The van der Waals surface area contributed by atoms with Crippen LogP contribution >= 0.6 is 11.6 Å². The van der Waals surface area contributed by atoms with Crippen LogP contribution in [0.2, 0.25) is 5.02 Å². The summed E-state index contributed by atoms with van der Waals surface area (Å²) in [5.41, 5.74) is 1.09. The van der Waals surface area contributed by atoms with Gasteiger partial charge >= 0.3 is 0 Å². The molecule has 88 valence electrons. The summed E-state index contributed by atoms with van der Waals surface area (Å²) in [6.45, 7) is 0. The number of aromatic nitrogens is 2. The number of hydrogen-bond donors (Lipinski definition) is 0. The number of imidazole rings is 1. The number of allylic oxidation sites excluding steroid dienone is 1. The summed E-state index contributed by atoms with van der Waals surface area (Å²) in [5, 5.41) is 0.531. The molecule has 0 saturated carbocycles. The normalized spacial score (nSPS) is 11.2. The predicted octanol–water partition coefficient (Wildman–Crippen LogP) is 2.25. The molecule has 17 heavy (non-hydrogen) atoms. The molecule has 4 nitrogen and oxygen atoms in total. The summed E-state index contributed by atoms with van der Waals surface area (Å²) >= 11 is 5.98. The van der Waals surface area contributed by atoms with Crippen LogP contribution in [0.4, 0.5) is 0 Å². The topological polar surface area (TPSA) is 37.6 Å². The Labute approximate surface area is 104 Å². The monoisotopic (exact) mass is 249 g/mol. The Bertz CT molecular complexity index is 586. The number of carbonyl (C=O) groups excluding carboxylic acids is 1. The summed E-state index contributed by atoms with van der Waals surface area (Å²) in [6.07, 6.45) is 6.51. The Morgan fingerprint density at radius 2 is 2.29 bits per heavy atom. The Morgan fingerprint density at radius 1 is 1.53 bits per heavy atom. The molecule has 0 amide bonds. The minimum atomic E-state index is -0.103. The minimum absolute atomic E-state index is 0.103. The van der Waals surface area contributed by atoms with Gasteiger partial charge in [-0.15, -0.1) is 0 Å². The van der Waals surface area contributed by atoms with E-state index in [-0.39, 0.29) is 5.78 Å². The fourth-order valence-electron chi connectivity index (χ4n) is 1.46. The van der Waals surface area contributed by atoms with Crippen LogP contribution in [0.5, 0.6) is 0 Å². The van der Waals surface area contributed by atoms with Gasteiger partial charge < -0.3 is 4.90 Å². The van der Waals surface area contributed by atoms with Gasteiger partial charge in [-0.3, -0.25) is 9.20 Å². The number of nitrogens with zero attached hydrogens (tertiary/aromatic N) is 3. The summed E-state index contributed by atoms with van der Waals surface area (Å²) < 4.78 is 1.69. The lowest BCUT2D eigenvalue weighted by molar-refractivity contribution is 0.104. The van der Waals surface area contributed by atoms with E-state index in [9.17, 15) is 4.79 Å². The highest BCUT2D eigenvalue weighted by molar-refractivity contribution is 6.33. The third-order valence-electron chi connectivity index (χ3n) is 2.26. The van der Waals surface area contributed by atoms with Crippen molar-refractivity contribution in [3.8, 4) is 0 Å². The van der Waals surface area contributed by atoms with Gasteiger partial charge in [-0.2, -0.15) is 0 Å². The molecule has 0 aliphatic carbocycles. The molecule has 0 aliphatic heterocycles. The smallest absolute Gasteiger partial charge is 0.205 e. The van der Waals surface area contributed by atoms with Gasteiger partial charge in [-0.1, -0.05) is 11.6 Å². The summed E-state index contributed by atoms with van der Waals surface area (Å²) in [6, 6.07) is 3.53. The molecular weight excluding hydrogens is 238 g/mol. The Hall–Kier alpha value is -1.81. The zero-order valence-corrected chi connectivity index (χ0v) is 10.3. The van der Waals surface area contributed by atoms with Crippen molar-refractivity contribution in [2.45, 2.75) is 0 Å². The second kappa shape index (κ2) is 4.59. The van der Waals surface area contributed by atoms with E-state index in [2.05, 4.69) is 4.98 Å². The van der Waals surface area contributed by atoms with E-state index in [1.807, 2.05) is 14.1 Å². The standard InChI is InChI=1S/C12H12ClN3O/c1-15(2)7-5-11(17)10-8-14-12-9(13)4-3-6-16(10)12/h3-8H,1-2H3. The van der Waals surface area contributed by atoms with Gasteiger partial charge in [0.05, 0.1) is 11.2 Å². The molecule has 0 fully saturated rings. The maximum Gasteiger partial charge on any atom is 0.205 e. The molecule has 2 heterocycles. The highest BCUT2D eigenvalue weighted by Gasteiger charge is 2.10. The second-order valence-corrected chi connectivity index (χ2v) is 4.24. The average Bonchev–Trinajstić information content (AvgIpc) is 2.71. The van der Waals surface area contributed by atoms with Crippen LogP contribution < -0.4 is 0 Å². The molecule has 2 aromatic heterocycles. The molecule has 0 saturated heterocycles. The quantitative estimate of drug-likeness (QED) is 0.619. The molecule has 5 heteroatoms. The number of ketones is 1. The molecule has 2 rings (SSSR count). The lowest BCUT2D eigenvalue weighted by Gasteiger charge is -2.02. The highest BCUT2D eigenvalue weighted by Crippen LogP contribution is 2.17. The van der Waals surface area contributed by atoms with Crippen molar-refractivity contribution in [1.82, 2.24) is 14.3 Å². The van der Waals surface area contributed by atoms with E-state index >= 15 is 0 Å². The molecule has 0 atom stereocenters. The zero-order valence-electron chi connectivity index (χ0n) is 9.59. The summed E-state index contributed by atoms with van der Waals surface area (Å²) in [7, 11) is 3.71. The van der Waals surface area contributed by atoms with Crippen LogP contribution in [0.3, 0.4) is 0 Å². The summed E-state index contributed by atoms with van der Waals surface area (Å²) in [5.74, 6) is -0.103. The van der Waals surface area contributed by atoms with Gasteiger partial charge in [0.1, 0.15) is 5.69 Å². The van der Waals surface area contributed by atoms with E-state index in [1.54, 1.807) is 33.8 Å². The number of fused-ring (bicyclic) bond motifs is 1. The van der Waals surface area contributed by atoms with Gasteiger partial charge in [0.15, 0.2) is 5.65 Å². The van der Waals surface area contributed by atoms with Gasteiger partial charge in [-0.05, 0) is 12.1 Å². The second-order valence-electron chi connectivity index (χ2n) is 3.84. The van der Waals surface area contributed by atoms with Crippen molar-refractivity contribution in [2.24, 2.45) is 0 Å². The Morgan fingerprint density at radius 3 is 3.00 bits per heavy atom. The van der Waals surface area contributed by atoms with Crippen molar-refractivity contribution in [1.29, 1.82) is 0 Å². The van der Waals surface area contributed by atoms with E-state index in [0.29, 0.717) is 16.4 Å². The number of rotatable bonds is 3. The maximum atomic E-state index is 11.9. The Balaban J connectivity index is 2.43. The molecule has 0 aromatic carbocycles. The van der Waals surface area contributed by atoms with Crippen LogP contribution in [0, 0.1) is 0 Å². The van der Waals surface area contributed by atoms with E-state index in [0.717, 1.165) is 0 Å². The molecule has 0 radical (unpaired) electrons. The third-order valence-corrected chi connectivity index (χ3v) is 2.56. The predicted molar refractivity (Wildman–Crippen MR) is 67.4 cm³/mol. The van der Waals surface area contributed by atoms with E-state index < -0.39 is 0 Å². The first-order valence-corrected chi connectivity index (χ1v) is 5.48. The van der Waals surface area contributed by atoms with E-state index in [1.165, 1.54) is 12.3 Å². The minimum Gasteiger partial charge on any atom is -0.383 e. The highest BCUT2D eigenvalue weighted by atomic mass is 35.5. The Kier molecular flexibility index (Phi) is 3.15. The lowest BCUT2D eigenvalue weighted by Crippen LogP contribution is -2.04. The lowest BCUT2D eigenvalue weighted by atomic mass is 10.3. The van der Waals surface area contributed by atoms with Crippen LogP contribution in [0.1, 0.15) is 10.5 Å². The molecule has 0 spiro atoms. The molecule has 0 N–H and O–H groups in total. The first-order valence-electron chi connectivity index (χ1n) is 5.10. The SMILES string of the molecule is CN(C)C=CC(=O)c1cnc2c(Cl)cccn12. The number of pyridine rings is 1. The molecule has 0 unspecified atom stereocenters. The van der Waals surface area contributed by atoms with Crippen LogP contribution in [0.25, 0.3) is 5.65 Å². The first kappa shape index (κ1) is 11.7. The average molecular weight is 250 g/mol. The largest absolute Gasteiger partial charge is 0.383 e. The zero-order chi connectivity index (χ0) is 12.4. The molecule has 0 aliphatic rings. The van der Waals surface area contributed by atoms with Gasteiger partial charge in [0, 0.05) is 32.6 Å². The number of halogens is 1. The molecule has 2 aromatic rings. The van der Waals surface area contributed by atoms with Gasteiger partial charge in [0.2, 0.25) is 5.78 Å². The molecular formula is C12H12ClN3O. The summed E-state index contributed by atoms with van der Waals surface area (Å²) in [4.78, 5) is 17.8.